The van der Waals surface area contributed by atoms with Gasteiger partial charge in [0.2, 0.25) is 0 Å². The number of benzene rings is 1. The minimum absolute atomic E-state index is 0.431. The molecule has 1 heterocycles. The zero-order chi connectivity index (χ0) is 21.1. The fourth-order valence-corrected chi connectivity index (χ4v) is 3.95. The number of rotatable bonds is 14. The molecule has 162 valence electrons. The predicted octanol–water partition coefficient (Wildman–Crippen LogP) is 7.37. The molecule has 29 heavy (non-hydrogen) atoms. The minimum Gasteiger partial charge on any atom is -0.131 e. The Morgan fingerprint density at radius 1 is 0.759 bits per heavy atom. The Morgan fingerprint density at radius 2 is 1.28 bits per heavy atom. The lowest BCUT2D eigenvalue weighted by Crippen LogP contribution is -2.10. The zero-order valence-electron chi connectivity index (χ0n) is 19.5. The van der Waals surface area contributed by atoms with Crippen molar-refractivity contribution < 1.29 is 0 Å². The predicted molar refractivity (Wildman–Crippen MR) is 123 cm³/mol. The molecule has 0 saturated carbocycles. The third-order valence-corrected chi connectivity index (χ3v) is 5.75. The Bertz CT molecular complexity index is 676. The van der Waals surface area contributed by atoms with Gasteiger partial charge in [-0.3, -0.25) is 0 Å². The first kappa shape index (κ1) is 23.6. The smallest absolute Gasteiger partial charge is 0.131 e. The summed E-state index contributed by atoms with van der Waals surface area (Å²) in [5.74, 6) is 1.73. The SMILES string of the molecule is CCCCCCCCCCCCc1nnn(-c2c(C(C)C)cccc2C(C)C)n1. The van der Waals surface area contributed by atoms with E-state index in [9.17, 15) is 0 Å². The van der Waals surface area contributed by atoms with E-state index in [1.54, 1.807) is 4.80 Å². The van der Waals surface area contributed by atoms with Gasteiger partial charge in [-0.2, -0.15) is 0 Å². The molecule has 0 amide bonds. The molecule has 4 nitrogen and oxygen atoms in total. The number of aryl methyl sites for hydroxylation is 1. The molecule has 0 unspecified atom stereocenters. The van der Waals surface area contributed by atoms with Crippen LogP contribution in [0.25, 0.3) is 5.69 Å². The molecular weight excluding hydrogens is 356 g/mol. The van der Waals surface area contributed by atoms with Gasteiger partial charge in [0.05, 0.1) is 5.69 Å². The van der Waals surface area contributed by atoms with Crippen LogP contribution in [0.5, 0.6) is 0 Å². The number of tetrazole rings is 1. The molecule has 1 aromatic heterocycles. The van der Waals surface area contributed by atoms with Gasteiger partial charge in [-0.25, -0.2) is 0 Å². The highest BCUT2D eigenvalue weighted by molar-refractivity contribution is 5.49. The van der Waals surface area contributed by atoms with Crippen LogP contribution in [0.15, 0.2) is 18.2 Å². The van der Waals surface area contributed by atoms with Crippen molar-refractivity contribution in [2.75, 3.05) is 0 Å². The molecule has 0 saturated heterocycles. The van der Waals surface area contributed by atoms with Gasteiger partial charge in [0.25, 0.3) is 0 Å². The van der Waals surface area contributed by atoms with Crippen molar-refractivity contribution in [3.8, 4) is 5.69 Å². The van der Waals surface area contributed by atoms with Crippen LogP contribution in [0, 0.1) is 0 Å². The van der Waals surface area contributed by atoms with Crippen LogP contribution < -0.4 is 0 Å². The second-order valence-corrected chi connectivity index (χ2v) is 9.02. The topological polar surface area (TPSA) is 43.6 Å². The maximum atomic E-state index is 4.74. The van der Waals surface area contributed by atoms with Gasteiger partial charge < -0.3 is 0 Å². The Kier molecular flexibility index (Phi) is 10.4. The van der Waals surface area contributed by atoms with Crippen molar-refractivity contribution in [3.63, 3.8) is 0 Å². The van der Waals surface area contributed by atoms with Crippen molar-refractivity contribution >= 4 is 0 Å². The summed E-state index contributed by atoms with van der Waals surface area (Å²) in [5, 5.41) is 13.5. The molecular formula is C25H42N4. The number of para-hydroxylation sites is 1. The van der Waals surface area contributed by atoms with Crippen LogP contribution in [-0.4, -0.2) is 20.2 Å². The van der Waals surface area contributed by atoms with Gasteiger partial charge in [0.15, 0.2) is 5.82 Å². The summed E-state index contributed by atoms with van der Waals surface area (Å²) in [5.41, 5.74) is 3.71. The van der Waals surface area contributed by atoms with E-state index in [1.807, 2.05) is 0 Å². The van der Waals surface area contributed by atoms with Crippen LogP contribution in [0.1, 0.15) is 128 Å². The van der Waals surface area contributed by atoms with Crippen LogP contribution in [0.4, 0.5) is 0 Å². The van der Waals surface area contributed by atoms with E-state index in [4.69, 9.17) is 5.10 Å². The number of hydrogen-bond donors (Lipinski definition) is 0. The molecule has 2 aromatic rings. The summed E-state index contributed by atoms with van der Waals surface area (Å²) in [6, 6.07) is 6.53. The third-order valence-electron chi connectivity index (χ3n) is 5.75. The summed E-state index contributed by atoms with van der Waals surface area (Å²) in [6.07, 6.45) is 14.4. The number of aromatic nitrogens is 4. The first-order valence-electron chi connectivity index (χ1n) is 12.0. The van der Waals surface area contributed by atoms with Crippen LogP contribution in [0.2, 0.25) is 0 Å². The van der Waals surface area contributed by atoms with Crippen molar-refractivity contribution in [2.24, 2.45) is 0 Å². The maximum absolute atomic E-state index is 4.74. The summed E-state index contributed by atoms with van der Waals surface area (Å²) in [4.78, 5) is 1.77. The Balaban J connectivity index is 1.83. The third kappa shape index (κ3) is 7.56. The highest BCUT2D eigenvalue weighted by Gasteiger charge is 2.17. The quantitative estimate of drug-likeness (QED) is 0.312. The van der Waals surface area contributed by atoms with E-state index in [-0.39, 0.29) is 0 Å². The van der Waals surface area contributed by atoms with Gasteiger partial charge in [-0.15, -0.1) is 15.0 Å². The number of hydrogen-bond acceptors (Lipinski definition) is 3. The highest BCUT2D eigenvalue weighted by Crippen LogP contribution is 2.30. The summed E-state index contributed by atoms with van der Waals surface area (Å²) >= 11 is 0. The molecule has 4 heteroatoms. The van der Waals surface area contributed by atoms with Crippen molar-refractivity contribution in [2.45, 2.75) is 117 Å². The second kappa shape index (κ2) is 12.8. The van der Waals surface area contributed by atoms with Gasteiger partial charge >= 0.3 is 0 Å². The van der Waals surface area contributed by atoms with E-state index in [0.29, 0.717) is 11.8 Å². The molecule has 0 spiro atoms. The van der Waals surface area contributed by atoms with Crippen LogP contribution >= 0.6 is 0 Å². The first-order chi connectivity index (χ1) is 14.0. The maximum Gasteiger partial charge on any atom is 0.175 e. The summed E-state index contributed by atoms with van der Waals surface area (Å²) in [6.45, 7) is 11.2. The van der Waals surface area contributed by atoms with Gasteiger partial charge in [0, 0.05) is 6.42 Å². The normalized spacial score (nSPS) is 11.7. The molecule has 0 aliphatic rings. The standard InChI is InChI=1S/C25H42N4/c1-6-7-8-9-10-11-12-13-14-15-19-24-26-28-29(27-24)25-22(20(2)3)17-16-18-23(25)21(4)5/h16-18,20-21H,6-15,19H2,1-5H3. The second-order valence-electron chi connectivity index (χ2n) is 9.02. The average molecular weight is 399 g/mol. The molecule has 1 aromatic carbocycles. The summed E-state index contributed by atoms with van der Waals surface area (Å²) in [7, 11) is 0. The van der Waals surface area contributed by atoms with Crippen molar-refractivity contribution in [3.05, 3.63) is 35.2 Å². The van der Waals surface area contributed by atoms with Gasteiger partial charge in [-0.05, 0) is 34.6 Å². The molecule has 0 N–H and O–H groups in total. The Morgan fingerprint density at radius 3 is 1.79 bits per heavy atom. The fraction of sp³-hybridized carbons (Fsp3) is 0.720. The highest BCUT2D eigenvalue weighted by atomic mass is 15.6. The Hall–Kier alpha value is -1.71. The van der Waals surface area contributed by atoms with E-state index >= 15 is 0 Å². The van der Waals surface area contributed by atoms with E-state index in [0.717, 1.165) is 24.4 Å². The first-order valence-corrected chi connectivity index (χ1v) is 12.0. The monoisotopic (exact) mass is 398 g/mol. The minimum atomic E-state index is 0.431. The molecule has 0 bridgehead atoms. The molecule has 0 aliphatic heterocycles. The van der Waals surface area contributed by atoms with Crippen molar-refractivity contribution in [1.82, 2.24) is 20.2 Å². The van der Waals surface area contributed by atoms with E-state index in [2.05, 4.69) is 63.1 Å². The van der Waals surface area contributed by atoms with E-state index in [1.165, 1.54) is 68.9 Å². The average Bonchev–Trinajstić information content (AvgIpc) is 3.17. The number of unbranched alkanes of at least 4 members (excludes halogenated alkanes) is 9. The lowest BCUT2D eigenvalue weighted by atomic mass is 9.93. The van der Waals surface area contributed by atoms with Crippen LogP contribution in [-0.2, 0) is 6.42 Å². The largest absolute Gasteiger partial charge is 0.175 e. The molecule has 0 aliphatic carbocycles. The number of nitrogens with zero attached hydrogens (tertiary/aromatic N) is 4. The fourth-order valence-electron chi connectivity index (χ4n) is 3.95. The van der Waals surface area contributed by atoms with Crippen molar-refractivity contribution in [1.29, 1.82) is 0 Å². The molecule has 0 fully saturated rings. The lowest BCUT2D eigenvalue weighted by molar-refractivity contribution is 0.554. The Labute approximate surface area is 178 Å². The molecule has 0 atom stereocenters. The molecule has 2 rings (SSSR count). The van der Waals surface area contributed by atoms with Gasteiger partial charge in [-0.1, -0.05) is 111 Å². The zero-order valence-corrected chi connectivity index (χ0v) is 19.5. The molecule has 0 radical (unpaired) electrons. The summed E-state index contributed by atoms with van der Waals surface area (Å²) < 4.78 is 0. The van der Waals surface area contributed by atoms with E-state index < -0.39 is 0 Å². The van der Waals surface area contributed by atoms with Gasteiger partial charge in [0.1, 0.15) is 0 Å². The van der Waals surface area contributed by atoms with Crippen LogP contribution in [0.3, 0.4) is 0 Å². The lowest BCUT2D eigenvalue weighted by Gasteiger charge is -2.17.